The van der Waals surface area contributed by atoms with Gasteiger partial charge in [0.05, 0.1) is 34.6 Å². The van der Waals surface area contributed by atoms with Crippen molar-refractivity contribution in [2.45, 2.75) is 33.1 Å². The minimum atomic E-state index is -5.00. The number of hydrogen-bond acceptors (Lipinski definition) is 6. The minimum Gasteiger partial charge on any atom is -0.370 e. The molecule has 0 radical (unpaired) electrons. The summed E-state index contributed by atoms with van der Waals surface area (Å²) in [5, 5.41) is 20.0. The Balaban J connectivity index is 0.00000103. The highest BCUT2D eigenvalue weighted by atomic mass is 19.4. The van der Waals surface area contributed by atoms with Gasteiger partial charge < -0.3 is 20.4 Å². The Morgan fingerprint density at radius 1 is 1.05 bits per heavy atom. The van der Waals surface area contributed by atoms with Crippen LogP contribution in [0.1, 0.15) is 43.0 Å². The number of benzene rings is 2. The Morgan fingerprint density at radius 2 is 1.57 bits per heavy atom. The fourth-order valence-corrected chi connectivity index (χ4v) is 3.51. The van der Waals surface area contributed by atoms with Crippen LogP contribution in [0.3, 0.4) is 0 Å². The first-order valence-corrected chi connectivity index (χ1v) is 11.9. The van der Waals surface area contributed by atoms with Gasteiger partial charge in [0.25, 0.3) is 0 Å². The van der Waals surface area contributed by atoms with E-state index in [2.05, 4.69) is 10.3 Å². The van der Waals surface area contributed by atoms with Crippen molar-refractivity contribution in [3.8, 4) is 17.2 Å². The number of carbonyl (C=O) groups is 1. The van der Waals surface area contributed by atoms with Gasteiger partial charge >= 0.3 is 12.4 Å². The molecule has 2 N–H and O–H groups in total. The predicted octanol–water partition coefficient (Wildman–Crippen LogP) is 7.70. The first-order valence-electron chi connectivity index (χ1n) is 11.9. The van der Waals surface area contributed by atoms with E-state index in [1.165, 1.54) is 25.4 Å². The third-order valence-electron chi connectivity index (χ3n) is 5.48. The molecule has 6 nitrogen and oxygen atoms in total. The first-order chi connectivity index (χ1) is 18.7. The van der Waals surface area contributed by atoms with Gasteiger partial charge in [0, 0.05) is 42.5 Å². The lowest BCUT2D eigenvalue weighted by atomic mass is 9.97. The molecule has 0 fully saturated rings. The lowest BCUT2D eigenvalue weighted by Crippen LogP contribution is -2.17. The highest BCUT2D eigenvalue weighted by Gasteiger charge is 2.37. The topological polar surface area (TPSA) is 92.9 Å². The maximum atomic E-state index is 13.4. The largest absolute Gasteiger partial charge is 0.416 e. The molecule has 1 aromatic heterocycles. The normalized spacial score (nSPS) is 11.2. The molecule has 0 saturated carbocycles. The number of nitrogens with one attached hydrogen (secondary N) is 2. The van der Waals surface area contributed by atoms with Crippen molar-refractivity contribution < 1.29 is 31.1 Å². The maximum absolute atomic E-state index is 13.4. The minimum absolute atomic E-state index is 0.0639. The van der Waals surface area contributed by atoms with E-state index in [1.807, 2.05) is 19.9 Å². The van der Waals surface area contributed by atoms with Crippen molar-refractivity contribution in [1.29, 1.82) is 10.7 Å². The van der Waals surface area contributed by atoms with Crippen molar-refractivity contribution in [2.24, 2.45) is 5.92 Å². The standard InChI is InChI=1S/C24H19F6N5.C4H8O/c1-3-33-22-19(12-32)21(15-6-4-14(11-31)5-7-15)20(13-34-22)35(2)18-9-16(23(25,26)27)8-17(10-18)24(28,29)30;1-4(2)3-5/h4-10,12-13,32H,3H2,1-2H3,(H,33,34);3-4H,1-2H3. The molecule has 2 aromatic carbocycles. The zero-order valence-corrected chi connectivity index (χ0v) is 22.1. The average Bonchev–Trinajstić information content (AvgIpc) is 2.91. The summed E-state index contributed by atoms with van der Waals surface area (Å²) in [6.45, 7) is 5.97. The van der Waals surface area contributed by atoms with Crippen LogP contribution in [0, 0.1) is 22.7 Å². The smallest absolute Gasteiger partial charge is 0.370 e. The molecule has 12 heteroatoms. The molecule has 3 rings (SSSR count). The highest BCUT2D eigenvalue weighted by molar-refractivity contribution is 6.00. The molecule has 0 saturated heterocycles. The van der Waals surface area contributed by atoms with Crippen molar-refractivity contribution >= 4 is 29.7 Å². The Morgan fingerprint density at radius 3 is 1.98 bits per heavy atom. The third kappa shape index (κ3) is 7.81. The number of aldehydes is 1. The van der Waals surface area contributed by atoms with Crippen LogP contribution in [0.4, 0.5) is 43.5 Å². The summed E-state index contributed by atoms with van der Waals surface area (Å²) in [4.78, 5) is 14.9. The van der Waals surface area contributed by atoms with Crippen LogP contribution in [0.25, 0.3) is 11.1 Å². The molecular formula is C28H27F6N5O. The molecule has 0 bridgehead atoms. The molecule has 0 atom stereocenters. The number of nitriles is 1. The molecule has 0 unspecified atom stereocenters. The fourth-order valence-electron chi connectivity index (χ4n) is 3.51. The molecule has 0 aliphatic carbocycles. The van der Waals surface area contributed by atoms with E-state index in [-0.39, 0.29) is 28.9 Å². The predicted molar refractivity (Wildman–Crippen MR) is 142 cm³/mol. The Hall–Kier alpha value is -4.40. The zero-order chi connectivity index (χ0) is 30.3. The van der Waals surface area contributed by atoms with Gasteiger partial charge in [-0.05, 0) is 42.8 Å². The van der Waals surface area contributed by atoms with Gasteiger partial charge in [-0.25, -0.2) is 4.98 Å². The van der Waals surface area contributed by atoms with Gasteiger partial charge in [-0.1, -0.05) is 26.0 Å². The van der Waals surface area contributed by atoms with Crippen LogP contribution in [0.2, 0.25) is 0 Å². The summed E-state index contributed by atoms with van der Waals surface area (Å²) in [7, 11) is 1.32. The number of rotatable bonds is 7. The molecule has 212 valence electrons. The number of carbonyl (C=O) groups excluding carboxylic acids is 1. The number of anilines is 3. The second-order valence-corrected chi connectivity index (χ2v) is 8.85. The Bertz CT molecular complexity index is 1340. The summed E-state index contributed by atoms with van der Waals surface area (Å²) < 4.78 is 80.5. The lowest BCUT2D eigenvalue weighted by molar-refractivity contribution is -0.143. The monoisotopic (exact) mass is 563 g/mol. The summed E-state index contributed by atoms with van der Waals surface area (Å²) in [5.41, 5.74) is -1.61. The molecule has 0 aliphatic rings. The van der Waals surface area contributed by atoms with Crippen molar-refractivity contribution in [2.75, 3.05) is 23.8 Å². The van der Waals surface area contributed by atoms with Crippen LogP contribution in [0.15, 0.2) is 48.7 Å². The van der Waals surface area contributed by atoms with Crippen molar-refractivity contribution in [1.82, 2.24) is 4.98 Å². The number of halogens is 6. The first kappa shape index (κ1) is 31.8. The van der Waals surface area contributed by atoms with Crippen LogP contribution < -0.4 is 10.2 Å². The molecule has 40 heavy (non-hydrogen) atoms. The van der Waals surface area contributed by atoms with E-state index in [0.717, 1.165) is 17.4 Å². The van der Waals surface area contributed by atoms with Crippen molar-refractivity contribution in [3.63, 3.8) is 0 Å². The van der Waals surface area contributed by atoms with Gasteiger partial charge in [-0.3, -0.25) is 0 Å². The quantitative estimate of drug-likeness (QED) is 0.175. The van der Waals surface area contributed by atoms with Crippen LogP contribution >= 0.6 is 0 Å². The summed E-state index contributed by atoms with van der Waals surface area (Å²) in [5.74, 6) is 0.522. The molecule has 3 aromatic rings. The van der Waals surface area contributed by atoms with Gasteiger partial charge in [-0.2, -0.15) is 31.6 Å². The summed E-state index contributed by atoms with van der Waals surface area (Å²) in [6, 6.07) is 9.50. The second kappa shape index (κ2) is 13.1. The van der Waals surface area contributed by atoms with Gasteiger partial charge in [-0.15, -0.1) is 0 Å². The second-order valence-electron chi connectivity index (χ2n) is 8.85. The maximum Gasteiger partial charge on any atom is 0.416 e. The number of aromatic nitrogens is 1. The molecule has 0 aliphatic heterocycles. The van der Waals surface area contributed by atoms with Gasteiger partial charge in [0.1, 0.15) is 12.1 Å². The zero-order valence-electron chi connectivity index (χ0n) is 22.1. The number of pyridine rings is 1. The number of nitrogens with zero attached hydrogens (tertiary/aromatic N) is 3. The van der Waals surface area contributed by atoms with Crippen LogP contribution in [-0.2, 0) is 17.1 Å². The lowest BCUT2D eigenvalue weighted by Gasteiger charge is -2.26. The third-order valence-corrected chi connectivity index (χ3v) is 5.48. The fraction of sp³-hybridized carbons (Fsp3) is 0.286. The van der Waals surface area contributed by atoms with Gasteiger partial charge in [0.2, 0.25) is 0 Å². The summed E-state index contributed by atoms with van der Waals surface area (Å²) >= 11 is 0. The number of hydrogen-bond donors (Lipinski definition) is 2. The molecule has 0 amide bonds. The van der Waals surface area contributed by atoms with Crippen molar-refractivity contribution in [3.05, 3.63) is 70.9 Å². The van der Waals surface area contributed by atoms with E-state index in [9.17, 15) is 31.1 Å². The van der Waals surface area contributed by atoms with E-state index in [0.29, 0.717) is 41.2 Å². The molecule has 0 spiro atoms. The van der Waals surface area contributed by atoms with E-state index in [1.54, 1.807) is 19.1 Å². The molecular weight excluding hydrogens is 536 g/mol. The van der Waals surface area contributed by atoms with E-state index >= 15 is 0 Å². The highest BCUT2D eigenvalue weighted by Crippen LogP contribution is 2.42. The number of alkyl halides is 6. The van der Waals surface area contributed by atoms with Crippen LogP contribution in [0.5, 0.6) is 0 Å². The summed E-state index contributed by atoms with van der Waals surface area (Å²) in [6.07, 6.45) is -6.77. The SMILES string of the molecule is CC(C)C=O.CCNc1ncc(N(C)c2cc(C(F)(F)F)cc(C(F)(F)F)c2)c(-c2ccc(C#N)cc2)c1C=N. The Labute approximate surface area is 227 Å². The van der Waals surface area contributed by atoms with E-state index < -0.39 is 23.5 Å². The van der Waals surface area contributed by atoms with Crippen LogP contribution in [-0.4, -0.2) is 31.1 Å². The van der Waals surface area contributed by atoms with E-state index in [4.69, 9.17) is 10.7 Å². The average molecular weight is 564 g/mol. The Kier molecular flexibility index (Phi) is 10.4. The van der Waals surface area contributed by atoms with Gasteiger partial charge in [0.15, 0.2) is 0 Å². The molecule has 1 heterocycles.